The summed E-state index contributed by atoms with van der Waals surface area (Å²) in [4.78, 5) is 10.1. The Morgan fingerprint density at radius 2 is 1.57 bits per heavy atom. The average Bonchev–Trinajstić information content (AvgIpc) is 2.50. The van der Waals surface area contributed by atoms with Crippen molar-refractivity contribution in [2.45, 2.75) is 12.2 Å². The lowest BCUT2D eigenvalue weighted by atomic mass is 10.1. The fourth-order valence-electron chi connectivity index (χ4n) is 1.99. The lowest BCUT2D eigenvalue weighted by molar-refractivity contribution is -0.384. The molecule has 0 fully saturated rings. The van der Waals surface area contributed by atoms with Crippen molar-refractivity contribution >= 4 is 27.3 Å². The highest BCUT2D eigenvalue weighted by atomic mass is 35.5. The quantitative estimate of drug-likeness (QED) is 0.611. The van der Waals surface area contributed by atoms with Gasteiger partial charge in [0.05, 0.1) is 10.7 Å². The average molecular weight is 355 g/mol. The Labute approximate surface area is 139 Å². The molecule has 0 unspecified atom stereocenters. The first-order valence-corrected chi connectivity index (χ1v) is 8.84. The Bertz CT molecular complexity index is 774. The zero-order valence-electron chi connectivity index (χ0n) is 12.1. The van der Waals surface area contributed by atoms with Crippen molar-refractivity contribution in [1.29, 1.82) is 0 Å². The van der Waals surface area contributed by atoms with Gasteiger partial charge in [-0.2, -0.15) is 0 Å². The number of sulfonamides is 1. The van der Waals surface area contributed by atoms with Crippen molar-refractivity contribution in [3.8, 4) is 0 Å². The van der Waals surface area contributed by atoms with Gasteiger partial charge in [0.2, 0.25) is 10.0 Å². The van der Waals surface area contributed by atoms with E-state index in [1.807, 2.05) is 0 Å². The maximum atomic E-state index is 12.0. The third-order valence-electron chi connectivity index (χ3n) is 3.15. The van der Waals surface area contributed by atoms with E-state index in [1.54, 1.807) is 36.4 Å². The first-order chi connectivity index (χ1) is 10.9. The van der Waals surface area contributed by atoms with Gasteiger partial charge in [-0.15, -0.1) is 0 Å². The topological polar surface area (TPSA) is 89.3 Å². The number of non-ortho nitro benzene ring substituents is 1. The van der Waals surface area contributed by atoms with Crippen LogP contribution in [0.25, 0.3) is 0 Å². The maximum absolute atomic E-state index is 12.0. The number of nitrogens with one attached hydrogen (secondary N) is 1. The summed E-state index contributed by atoms with van der Waals surface area (Å²) >= 11 is 5.76. The van der Waals surface area contributed by atoms with Crippen LogP contribution in [0, 0.1) is 10.1 Å². The molecular formula is C15H15ClN2O4S. The van der Waals surface area contributed by atoms with Crippen molar-refractivity contribution in [2.75, 3.05) is 6.54 Å². The maximum Gasteiger partial charge on any atom is 0.269 e. The molecule has 0 saturated carbocycles. The Balaban J connectivity index is 1.86. The first kappa shape index (κ1) is 17.4. The Kier molecular flexibility index (Phi) is 5.70. The number of nitro groups is 1. The van der Waals surface area contributed by atoms with E-state index in [0.29, 0.717) is 17.0 Å². The van der Waals surface area contributed by atoms with Gasteiger partial charge in [0, 0.05) is 23.7 Å². The van der Waals surface area contributed by atoms with E-state index in [0.717, 1.165) is 5.56 Å². The molecule has 0 saturated heterocycles. The van der Waals surface area contributed by atoms with E-state index < -0.39 is 14.9 Å². The fraction of sp³-hybridized carbons (Fsp3) is 0.200. The highest BCUT2D eigenvalue weighted by Gasteiger charge is 2.11. The Morgan fingerprint density at radius 1 is 1.00 bits per heavy atom. The predicted molar refractivity (Wildman–Crippen MR) is 88.9 cm³/mol. The zero-order chi connectivity index (χ0) is 16.9. The minimum Gasteiger partial charge on any atom is -0.258 e. The Hall–Kier alpha value is -1.96. The minimum absolute atomic E-state index is 0.0112. The summed E-state index contributed by atoms with van der Waals surface area (Å²) in [5.74, 6) is -0.121. The van der Waals surface area contributed by atoms with Crippen LogP contribution in [-0.2, 0) is 22.2 Å². The van der Waals surface area contributed by atoms with Gasteiger partial charge in [-0.1, -0.05) is 35.9 Å². The largest absolute Gasteiger partial charge is 0.269 e. The minimum atomic E-state index is -3.44. The number of hydrogen-bond acceptors (Lipinski definition) is 4. The van der Waals surface area contributed by atoms with Gasteiger partial charge in [0.1, 0.15) is 0 Å². The third-order valence-corrected chi connectivity index (χ3v) is 4.76. The fourth-order valence-corrected chi connectivity index (χ4v) is 3.26. The second kappa shape index (κ2) is 7.54. The number of hydrogen-bond donors (Lipinski definition) is 1. The van der Waals surface area contributed by atoms with E-state index in [1.165, 1.54) is 12.1 Å². The van der Waals surface area contributed by atoms with Gasteiger partial charge in [-0.3, -0.25) is 10.1 Å². The van der Waals surface area contributed by atoms with Crippen LogP contribution >= 0.6 is 11.6 Å². The molecule has 0 heterocycles. The van der Waals surface area contributed by atoms with Crippen LogP contribution in [0.4, 0.5) is 5.69 Å². The molecule has 0 aromatic heterocycles. The number of benzene rings is 2. The summed E-state index contributed by atoms with van der Waals surface area (Å²) in [5, 5.41) is 11.1. The van der Waals surface area contributed by atoms with E-state index in [2.05, 4.69) is 4.72 Å². The molecule has 23 heavy (non-hydrogen) atoms. The molecule has 122 valence electrons. The summed E-state index contributed by atoms with van der Waals surface area (Å²) in [6.07, 6.45) is 0.456. The second-order valence-corrected chi connectivity index (χ2v) is 7.20. The normalized spacial score (nSPS) is 11.3. The second-order valence-electron chi connectivity index (χ2n) is 4.95. The van der Waals surface area contributed by atoms with Crippen LogP contribution in [-0.4, -0.2) is 19.9 Å². The standard InChI is InChI=1S/C15H15ClN2O4S/c16-14-5-1-13(2-6-14)11-23(21,22)17-10-9-12-3-7-15(8-4-12)18(19)20/h1-8,17H,9-11H2. The van der Waals surface area contributed by atoms with Gasteiger partial charge < -0.3 is 0 Å². The molecular weight excluding hydrogens is 340 g/mol. The highest BCUT2D eigenvalue weighted by molar-refractivity contribution is 7.88. The molecule has 0 atom stereocenters. The van der Waals surface area contributed by atoms with Gasteiger partial charge in [0.25, 0.3) is 5.69 Å². The van der Waals surface area contributed by atoms with Crippen molar-refractivity contribution in [3.63, 3.8) is 0 Å². The third kappa shape index (κ3) is 5.63. The molecule has 0 radical (unpaired) electrons. The highest BCUT2D eigenvalue weighted by Crippen LogP contribution is 2.13. The predicted octanol–water partition coefficient (Wildman–Crippen LogP) is 2.91. The summed E-state index contributed by atoms with van der Waals surface area (Å²) in [6, 6.07) is 12.6. The molecule has 0 bridgehead atoms. The number of rotatable bonds is 7. The molecule has 0 aliphatic carbocycles. The summed E-state index contributed by atoms with van der Waals surface area (Å²) in [5.41, 5.74) is 1.49. The summed E-state index contributed by atoms with van der Waals surface area (Å²) < 4.78 is 26.5. The lowest BCUT2D eigenvalue weighted by Gasteiger charge is -2.07. The van der Waals surface area contributed by atoms with Gasteiger partial charge in [0.15, 0.2) is 0 Å². The van der Waals surface area contributed by atoms with Crippen molar-refractivity contribution < 1.29 is 13.3 Å². The van der Waals surface area contributed by atoms with Crippen LogP contribution in [0.15, 0.2) is 48.5 Å². The Morgan fingerprint density at radius 3 is 2.13 bits per heavy atom. The van der Waals surface area contributed by atoms with Crippen molar-refractivity contribution in [1.82, 2.24) is 4.72 Å². The van der Waals surface area contributed by atoms with Crippen LogP contribution < -0.4 is 4.72 Å². The van der Waals surface area contributed by atoms with E-state index >= 15 is 0 Å². The molecule has 1 N–H and O–H groups in total. The molecule has 2 rings (SSSR count). The lowest BCUT2D eigenvalue weighted by Crippen LogP contribution is -2.27. The van der Waals surface area contributed by atoms with E-state index in [-0.39, 0.29) is 18.0 Å². The van der Waals surface area contributed by atoms with E-state index in [9.17, 15) is 18.5 Å². The van der Waals surface area contributed by atoms with Crippen LogP contribution in [0.3, 0.4) is 0 Å². The van der Waals surface area contributed by atoms with Gasteiger partial charge >= 0.3 is 0 Å². The van der Waals surface area contributed by atoms with E-state index in [4.69, 9.17) is 11.6 Å². The number of nitrogens with zero attached hydrogens (tertiary/aromatic N) is 1. The van der Waals surface area contributed by atoms with Crippen LogP contribution in [0.2, 0.25) is 5.02 Å². The zero-order valence-corrected chi connectivity index (χ0v) is 13.7. The van der Waals surface area contributed by atoms with Gasteiger partial charge in [-0.05, 0) is 29.7 Å². The molecule has 2 aromatic carbocycles. The number of halogens is 1. The first-order valence-electron chi connectivity index (χ1n) is 6.81. The molecule has 0 aliphatic heterocycles. The van der Waals surface area contributed by atoms with Crippen LogP contribution in [0.5, 0.6) is 0 Å². The summed E-state index contributed by atoms with van der Waals surface area (Å²) in [6.45, 7) is 0.230. The SMILES string of the molecule is O=[N+]([O-])c1ccc(CCNS(=O)(=O)Cc2ccc(Cl)cc2)cc1. The van der Waals surface area contributed by atoms with Gasteiger partial charge in [-0.25, -0.2) is 13.1 Å². The molecule has 6 nitrogen and oxygen atoms in total. The van der Waals surface area contributed by atoms with Crippen LogP contribution in [0.1, 0.15) is 11.1 Å². The molecule has 2 aromatic rings. The van der Waals surface area contributed by atoms with Crippen molar-refractivity contribution in [2.24, 2.45) is 0 Å². The summed E-state index contributed by atoms with van der Waals surface area (Å²) in [7, 11) is -3.44. The van der Waals surface area contributed by atoms with Crippen molar-refractivity contribution in [3.05, 3.63) is 74.8 Å². The number of nitro benzene ring substituents is 1. The molecule has 0 amide bonds. The smallest absolute Gasteiger partial charge is 0.258 e. The molecule has 8 heteroatoms. The molecule has 0 aliphatic rings. The molecule has 0 spiro atoms. The monoisotopic (exact) mass is 354 g/mol.